The number of nitriles is 1. The first-order valence-corrected chi connectivity index (χ1v) is 7.30. The van der Waals surface area contributed by atoms with Crippen LogP contribution in [-0.2, 0) is 6.42 Å². The van der Waals surface area contributed by atoms with E-state index in [4.69, 9.17) is 27.3 Å². The number of halogens is 1. The molecule has 3 nitrogen and oxygen atoms in total. The van der Waals surface area contributed by atoms with Crippen LogP contribution in [0.3, 0.4) is 0 Å². The van der Waals surface area contributed by atoms with Gasteiger partial charge in [-0.05, 0) is 63.8 Å². The molecule has 1 aromatic rings. The van der Waals surface area contributed by atoms with Gasteiger partial charge in [-0.2, -0.15) is 5.26 Å². The van der Waals surface area contributed by atoms with Gasteiger partial charge in [0.1, 0.15) is 5.75 Å². The van der Waals surface area contributed by atoms with Gasteiger partial charge in [0, 0.05) is 11.1 Å². The van der Waals surface area contributed by atoms with Crippen LogP contribution < -0.4 is 10.5 Å². The molecule has 1 unspecified atom stereocenters. The summed E-state index contributed by atoms with van der Waals surface area (Å²) in [5.74, 6) is 0.835. The van der Waals surface area contributed by atoms with Crippen molar-refractivity contribution in [3.05, 3.63) is 28.8 Å². The molecule has 110 valence electrons. The average molecular weight is 295 g/mol. The summed E-state index contributed by atoms with van der Waals surface area (Å²) in [4.78, 5) is 0. The van der Waals surface area contributed by atoms with Crippen LogP contribution in [-0.4, -0.2) is 12.6 Å². The fraction of sp³-hybridized carbons (Fsp3) is 0.562. The summed E-state index contributed by atoms with van der Waals surface area (Å²) in [6.45, 7) is 6.44. The molecule has 0 heterocycles. The lowest BCUT2D eigenvalue weighted by Crippen LogP contribution is -2.18. The van der Waals surface area contributed by atoms with Crippen LogP contribution in [0.15, 0.2) is 18.2 Å². The van der Waals surface area contributed by atoms with Crippen LogP contribution >= 0.6 is 11.6 Å². The first kappa shape index (κ1) is 16.8. The van der Waals surface area contributed by atoms with E-state index in [0.29, 0.717) is 11.6 Å². The molecule has 0 aromatic heterocycles. The second-order valence-electron chi connectivity index (χ2n) is 5.88. The number of nitrogens with two attached hydrogens (primary N) is 1. The predicted molar refractivity (Wildman–Crippen MR) is 82.9 cm³/mol. The van der Waals surface area contributed by atoms with E-state index in [9.17, 15) is 0 Å². The number of hydrogen-bond donors (Lipinski definition) is 1. The van der Waals surface area contributed by atoms with Crippen molar-refractivity contribution in [1.82, 2.24) is 0 Å². The summed E-state index contributed by atoms with van der Waals surface area (Å²) in [5, 5.41) is 9.66. The zero-order valence-corrected chi connectivity index (χ0v) is 13.2. The lowest BCUT2D eigenvalue weighted by atomic mass is 9.90. The Morgan fingerprint density at radius 1 is 1.45 bits per heavy atom. The minimum Gasteiger partial charge on any atom is -0.493 e. The quantitative estimate of drug-likeness (QED) is 0.775. The van der Waals surface area contributed by atoms with E-state index in [0.717, 1.165) is 30.6 Å². The van der Waals surface area contributed by atoms with Crippen molar-refractivity contribution in [3.8, 4) is 11.8 Å². The Kier molecular flexibility index (Phi) is 6.32. The molecular formula is C16H23ClN2O. The summed E-state index contributed by atoms with van der Waals surface area (Å²) in [5.41, 5.74) is 6.58. The van der Waals surface area contributed by atoms with Crippen molar-refractivity contribution in [3.63, 3.8) is 0 Å². The standard InChI is InChI=1S/C16H23ClN2O/c1-12(19)9-13-10-14(17)5-6-15(13)20-8-4-7-16(2,3)11-18/h5-6,10,12H,4,7-9,19H2,1-3H3. The molecule has 20 heavy (non-hydrogen) atoms. The second kappa shape index (κ2) is 7.52. The highest BCUT2D eigenvalue weighted by atomic mass is 35.5. The molecule has 0 saturated heterocycles. The molecule has 0 bridgehead atoms. The number of benzene rings is 1. The Bertz CT molecular complexity index is 478. The molecule has 0 saturated carbocycles. The van der Waals surface area contributed by atoms with Crippen molar-refractivity contribution >= 4 is 11.6 Å². The maximum Gasteiger partial charge on any atom is 0.122 e. The first-order valence-electron chi connectivity index (χ1n) is 6.92. The number of rotatable bonds is 7. The monoisotopic (exact) mass is 294 g/mol. The zero-order valence-electron chi connectivity index (χ0n) is 12.4. The van der Waals surface area contributed by atoms with Gasteiger partial charge >= 0.3 is 0 Å². The van der Waals surface area contributed by atoms with Gasteiger partial charge in [-0.25, -0.2) is 0 Å². The van der Waals surface area contributed by atoms with E-state index in [1.807, 2.05) is 39.0 Å². The van der Waals surface area contributed by atoms with Crippen molar-refractivity contribution < 1.29 is 4.74 Å². The van der Waals surface area contributed by atoms with Gasteiger partial charge in [0.2, 0.25) is 0 Å². The SMILES string of the molecule is CC(N)Cc1cc(Cl)ccc1OCCCC(C)(C)C#N. The molecule has 0 aliphatic carbocycles. The number of nitrogens with zero attached hydrogens (tertiary/aromatic N) is 1. The molecule has 2 N–H and O–H groups in total. The summed E-state index contributed by atoms with van der Waals surface area (Å²) in [7, 11) is 0. The summed E-state index contributed by atoms with van der Waals surface area (Å²) < 4.78 is 5.81. The van der Waals surface area contributed by atoms with Crippen molar-refractivity contribution in [2.45, 2.75) is 46.1 Å². The third kappa shape index (κ3) is 5.81. The van der Waals surface area contributed by atoms with Gasteiger partial charge in [0.15, 0.2) is 0 Å². The van der Waals surface area contributed by atoms with E-state index in [2.05, 4.69) is 6.07 Å². The van der Waals surface area contributed by atoms with Gasteiger partial charge in [-0.15, -0.1) is 0 Å². The minimum atomic E-state index is -0.294. The Morgan fingerprint density at radius 3 is 2.75 bits per heavy atom. The van der Waals surface area contributed by atoms with Crippen molar-refractivity contribution in [1.29, 1.82) is 5.26 Å². The number of ether oxygens (including phenoxy) is 1. The van der Waals surface area contributed by atoms with E-state index in [1.54, 1.807) is 0 Å². The van der Waals surface area contributed by atoms with Gasteiger partial charge in [-0.3, -0.25) is 0 Å². The molecule has 0 fully saturated rings. The van der Waals surface area contributed by atoms with Crippen molar-refractivity contribution in [2.24, 2.45) is 11.1 Å². The molecule has 1 aromatic carbocycles. The first-order chi connectivity index (χ1) is 9.34. The predicted octanol–water partition coefficient (Wildman–Crippen LogP) is 3.94. The van der Waals surface area contributed by atoms with Crippen LogP contribution in [0.25, 0.3) is 0 Å². The second-order valence-corrected chi connectivity index (χ2v) is 6.32. The minimum absolute atomic E-state index is 0.0633. The highest BCUT2D eigenvalue weighted by Gasteiger charge is 2.16. The lowest BCUT2D eigenvalue weighted by Gasteiger charge is -2.16. The van der Waals surface area contributed by atoms with Crippen LogP contribution in [0.5, 0.6) is 5.75 Å². The van der Waals surface area contributed by atoms with Crippen molar-refractivity contribution in [2.75, 3.05) is 6.61 Å². The topological polar surface area (TPSA) is 59.0 Å². The van der Waals surface area contributed by atoms with Crippen LogP contribution in [0.4, 0.5) is 0 Å². The summed E-state index contributed by atoms with van der Waals surface area (Å²) in [6.07, 6.45) is 2.40. The van der Waals surface area contributed by atoms with Crippen LogP contribution in [0, 0.1) is 16.7 Å². The largest absolute Gasteiger partial charge is 0.493 e. The maximum atomic E-state index is 8.96. The molecule has 0 aliphatic rings. The highest BCUT2D eigenvalue weighted by molar-refractivity contribution is 6.30. The molecule has 0 spiro atoms. The Labute approximate surface area is 126 Å². The maximum absolute atomic E-state index is 8.96. The third-order valence-corrected chi connectivity index (χ3v) is 3.31. The Morgan fingerprint density at radius 2 is 2.15 bits per heavy atom. The van der Waals surface area contributed by atoms with Crippen LogP contribution in [0.1, 0.15) is 39.2 Å². The molecule has 0 radical (unpaired) electrons. The number of hydrogen-bond acceptors (Lipinski definition) is 3. The molecule has 1 atom stereocenters. The zero-order chi connectivity index (χ0) is 15.2. The third-order valence-electron chi connectivity index (χ3n) is 3.07. The smallest absolute Gasteiger partial charge is 0.122 e. The van der Waals surface area contributed by atoms with Gasteiger partial charge in [0.05, 0.1) is 18.1 Å². The highest BCUT2D eigenvalue weighted by Crippen LogP contribution is 2.25. The fourth-order valence-electron chi connectivity index (χ4n) is 1.95. The van der Waals surface area contributed by atoms with Gasteiger partial charge < -0.3 is 10.5 Å². The molecule has 0 aliphatic heterocycles. The molecule has 1 rings (SSSR count). The van der Waals surface area contributed by atoms with E-state index < -0.39 is 0 Å². The van der Waals surface area contributed by atoms with Gasteiger partial charge in [-0.1, -0.05) is 11.6 Å². The van der Waals surface area contributed by atoms with Crippen LogP contribution in [0.2, 0.25) is 5.02 Å². The molecule has 4 heteroatoms. The normalized spacial score (nSPS) is 12.8. The molecular weight excluding hydrogens is 272 g/mol. The summed E-state index contributed by atoms with van der Waals surface area (Å²) in [6, 6.07) is 7.97. The van der Waals surface area contributed by atoms with Gasteiger partial charge in [0.25, 0.3) is 0 Å². The van der Waals surface area contributed by atoms with E-state index in [1.165, 1.54) is 0 Å². The average Bonchev–Trinajstić information content (AvgIpc) is 2.36. The Balaban J connectivity index is 2.57. The summed E-state index contributed by atoms with van der Waals surface area (Å²) >= 11 is 6.01. The van der Waals surface area contributed by atoms with E-state index in [-0.39, 0.29) is 11.5 Å². The van der Waals surface area contributed by atoms with E-state index >= 15 is 0 Å². The molecule has 0 amide bonds. The lowest BCUT2D eigenvalue weighted by molar-refractivity contribution is 0.281. The Hall–Kier alpha value is -1.24. The fourth-order valence-corrected chi connectivity index (χ4v) is 2.14.